The van der Waals surface area contributed by atoms with Crippen LogP contribution in [0.1, 0.15) is 36.4 Å². The Balaban J connectivity index is 1.53. The number of rotatable bonds is 9. The maximum Gasteiger partial charge on any atom is 0.246 e. The van der Waals surface area contributed by atoms with Crippen molar-refractivity contribution in [3.05, 3.63) is 65.3 Å². The first-order chi connectivity index (χ1) is 15.1. The van der Waals surface area contributed by atoms with Gasteiger partial charge in [0.15, 0.2) is 5.96 Å². The molecule has 9 nitrogen and oxygen atoms in total. The van der Waals surface area contributed by atoms with E-state index in [9.17, 15) is 4.79 Å². The minimum absolute atomic E-state index is 0.126. The maximum atomic E-state index is 12.2. The van der Waals surface area contributed by atoms with Crippen molar-refractivity contribution in [1.29, 1.82) is 0 Å². The van der Waals surface area contributed by atoms with Crippen molar-refractivity contribution in [1.82, 2.24) is 25.6 Å². The zero-order chi connectivity index (χ0) is 22.1. The van der Waals surface area contributed by atoms with Crippen LogP contribution in [0.4, 0.5) is 5.69 Å². The lowest BCUT2D eigenvalue weighted by Gasteiger charge is -2.13. The number of hydrogen-bond acceptors (Lipinski definition) is 5. The number of aromatic nitrogens is 3. The number of aliphatic imine (C=N–C) groups is 1. The zero-order valence-electron chi connectivity index (χ0n) is 18.2. The van der Waals surface area contributed by atoms with Crippen LogP contribution in [-0.2, 0) is 37.3 Å². The number of carbonyl (C=O) groups is 1. The second-order valence-electron chi connectivity index (χ2n) is 6.97. The molecule has 3 rings (SSSR count). The molecule has 0 saturated heterocycles. The molecule has 0 spiro atoms. The van der Waals surface area contributed by atoms with Crippen LogP contribution in [0.5, 0.6) is 0 Å². The molecule has 2 aromatic heterocycles. The number of anilines is 1. The van der Waals surface area contributed by atoms with Gasteiger partial charge in [0.2, 0.25) is 5.91 Å². The Labute approximate surface area is 181 Å². The molecule has 1 aromatic carbocycles. The summed E-state index contributed by atoms with van der Waals surface area (Å²) in [6, 6.07) is 9.49. The Morgan fingerprint density at radius 1 is 1.16 bits per heavy atom. The van der Waals surface area contributed by atoms with E-state index < -0.39 is 0 Å². The van der Waals surface area contributed by atoms with Gasteiger partial charge in [-0.05, 0) is 30.2 Å². The largest absolute Gasteiger partial charge is 0.361 e. The van der Waals surface area contributed by atoms with Gasteiger partial charge in [0.05, 0.1) is 5.69 Å². The van der Waals surface area contributed by atoms with Crippen LogP contribution in [-0.4, -0.2) is 33.9 Å². The molecule has 31 heavy (non-hydrogen) atoms. The van der Waals surface area contributed by atoms with Crippen molar-refractivity contribution in [3.63, 3.8) is 0 Å². The fourth-order valence-electron chi connectivity index (χ4n) is 3.22. The van der Waals surface area contributed by atoms with E-state index in [0.717, 1.165) is 41.1 Å². The molecule has 0 radical (unpaired) electrons. The highest BCUT2D eigenvalue weighted by molar-refractivity contribution is 5.90. The van der Waals surface area contributed by atoms with Gasteiger partial charge in [0.25, 0.3) is 0 Å². The minimum Gasteiger partial charge on any atom is -0.361 e. The number of amides is 1. The molecule has 3 N–H and O–H groups in total. The second-order valence-corrected chi connectivity index (χ2v) is 6.97. The van der Waals surface area contributed by atoms with E-state index in [4.69, 9.17) is 4.52 Å². The molecule has 0 aliphatic carbocycles. The van der Waals surface area contributed by atoms with Gasteiger partial charge in [0, 0.05) is 50.2 Å². The summed E-state index contributed by atoms with van der Waals surface area (Å²) in [5.74, 6) is 1.45. The topological polar surface area (TPSA) is 109 Å². The van der Waals surface area contributed by atoms with Crippen LogP contribution >= 0.6 is 0 Å². The van der Waals surface area contributed by atoms with E-state index in [1.54, 1.807) is 30.2 Å². The standard InChI is InChI=1S/C22H29N7O2/c1-4-19-18(20(5-2)31-28-19)14-25-22(23-3)24-13-16-8-6-9-17(12-16)27-21(30)15-29-11-7-10-26-29/h6-12H,4-5,13-15H2,1-3H3,(H,27,30)(H2,23,24,25). The zero-order valence-corrected chi connectivity index (χ0v) is 18.2. The predicted octanol–water partition coefficient (Wildman–Crippen LogP) is 2.50. The average Bonchev–Trinajstić information content (AvgIpc) is 3.43. The molecule has 164 valence electrons. The fourth-order valence-corrected chi connectivity index (χ4v) is 3.22. The van der Waals surface area contributed by atoms with Gasteiger partial charge < -0.3 is 20.5 Å². The van der Waals surface area contributed by atoms with Gasteiger partial charge in [-0.1, -0.05) is 31.1 Å². The SMILES string of the molecule is CCc1noc(CC)c1CNC(=NC)NCc1cccc(NC(=O)Cn2cccn2)c1. The van der Waals surface area contributed by atoms with Crippen LogP contribution < -0.4 is 16.0 Å². The number of aryl methyl sites for hydroxylation is 2. The van der Waals surface area contributed by atoms with Gasteiger partial charge in [-0.25, -0.2) is 0 Å². The monoisotopic (exact) mass is 423 g/mol. The molecule has 0 atom stereocenters. The molecule has 0 aliphatic rings. The lowest BCUT2D eigenvalue weighted by atomic mass is 10.1. The smallest absolute Gasteiger partial charge is 0.246 e. The average molecular weight is 424 g/mol. The molecule has 9 heteroatoms. The van der Waals surface area contributed by atoms with Gasteiger partial charge in [-0.15, -0.1) is 0 Å². The Kier molecular flexibility index (Phi) is 7.80. The number of carbonyl (C=O) groups excluding carboxylic acids is 1. The summed E-state index contributed by atoms with van der Waals surface area (Å²) in [5, 5.41) is 17.7. The number of guanidine groups is 1. The first-order valence-corrected chi connectivity index (χ1v) is 10.4. The third-order valence-corrected chi connectivity index (χ3v) is 4.80. The molecular weight excluding hydrogens is 394 g/mol. The van der Waals surface area contributed by atoms with E-state index in [1.807, 2.05) is 24.3 Å². The van der Waals surface area contributed by atoms with Crippen molar-refractivity contribution >= 4 is 17.6 Å². The summed E-state index contributed by atoms with van der Waals surface area (Å²) in [5.41, 5.74) is 3.82. The van der Waals surface area contributed by atoms with Crippen LogP contribution in [0.3, 0.4) is 0 Å². The maximum absolute atomic E-state index is 12.2. The first-order valence-electron chi connectivity index (χ1n) is 10.4. The number of benzene rings is 1. The molecule has 0 bridgehead atoms. The summed E-state index contributed by atoms with van der Waals surface area (Å²) < 4.78 is 7.00. The van der Waals surface area contributed by atoms with Crippen molar-refractivity contribution in [3.8, 4) is 0 Å². The van der Waals surface area contributed by atoms with E-state index in [2.05, 4.69) is 45.0 Å². The van der Waals surface area contributed by atoms with Crippen LogP contribution in [0, 0.1) is 0 Å². The Bertz CT molecular complexity index is 987. The Morgan fingerprint density at radius 2 is 2.00 bits per heavy atom. The minimum atomic E-state index is -0.126. The number of nitrogens with one attached hydrogen (secondary N) is 3. The normalized spacial score (nSPS) is 11.4. The summed E-state index contributed by atoms with van der Waals surface area (Å²) in [7, 11) is 1.73. The Hall–Kier alpha value is -3.62. The summed E-state index contributed by atoms with van der Waals surface area (Å²) in [4.78, 5) is 16.5. The summed E-state index contributed by atoms with van der Waals surface area (Å²) >= 11 is 0. The highest BCUT2D eigenvalue weighted by Crippen LogP contribution is 2.15. The molecule has 1 amide bonds. The van der Waals surface area contributed by atoms with E-state index >= 15 is 0 Å². The third-order valence-electron chi connectivity index (χ3n) is 4.80. The van der Waals surface area contributed by atoms with E-state index in [-0.39, 0.29) is 12.5 Å². The fraction of sp³-hybridized carbons (Fsp3) is 0.364. The van der Waals surface area contributed by atoms with Crippen molar-refractivity contribution in [2.45, 2.75) is 46.3 Å². The summed E-state index contributed by atoms with van der Waals surface area (Å²) in [6.45, 7) is 5.45. The molecule has 3 aromatic rings. The molecule has 0 aliphatic heterocycles. The third kappa shape index (κ3) is 6.18. The first kappa shape index (κ1) is 22.1. The molecular formula is C22H29N7O2. The van der Waals surface area contributed by atoms with Crippen molar-refractivity contribution in [2.24, 2.45) is 4.99 Å². The molecule has 2 heterocycles. The van der Waals surface area contributed by atoms with Crippen LogP contribution in [0.2, 0.25) is 0 Å². The molecule has 0 fully saturated rings. The van der Waals surface area contributed by atoms with Gasteiger partial charge in [-0.2, -0.15) is 5.10 Å². The summed E-state index contributed by atoms with van der Waals surface area (Å²) in [6.07, 6.45) is 5.03. The van der Waals surface area contributed by atoms with Crippen molar-refractivity contribution < 1.29 is 9.32 Å². The quantitative estimate of drug-likeness (QED) is 0.360. The van der Waals surface area contributed by atoms with Crippen molar-refractivity contribution in [2.75, 3.05) is 12.4 Å². The van der Waals surface area contributed by atoms with E-state index in [0.29, 0.717) is 19.0 Å². The molecule has 0 unspecified atom stereocenters. The van der Waals surface area contributed by atoms with Crippen LogP contribution in [0.25, 0.3) is 0 Å². The van der Waals surface area contributed by atoms with Gasteiger partial charge in [-0.3, -0.25) is 14.5 Å². The number of nitrogens with zero attached hydrogens (tertiary/aromatic N) is 4. The van der Waals surface area contributed by atoms with Gasteiger partial charge >= 0.3 is 0 Å². The highest BCUT2D eigenvalue weighted by atomic mass is 16.5. The van der Waals surface area contributed by atoms with Crippen LogP contribution in [0.15, 0.2) is 52.2 Å². The predicted molar refractivity (Wildman–Crippen MR) is 120 cm³/mol. The second kappa shape index (κ2) is 11.0. The number of hydrogen-bond donors (Lipinski definition) is 3. The molecule has 0 saturated carbocycles. The van der Waals surface area contributed by atoms with Gasteiger partial charge in [0.1, 0.15) is 12.3 Å². The Morgan fingerprint density at radius 3 is 2.71 bits per heavy atom. The lowest BCUT2D eigenvalue weighted by molar-refractivity contribution is -0.116. The lowest BCUT2D eigenvalue weighted by Crippen LogP contribution is -2.36. The van der Waals surface area contributed by atoms with E-state index in [1.165, 1.54) is 0 Å². The highest BCUT2D eigenvalue weighted by Gasteiger charge is 2.13.